The summed E-state index contributed by atoms with van der Waals surface area (Å²) in [5.41, 5.74) is 3.51. The van der Waals surface area contributed by atoms with E-state index in [4.69, 9.17) is 21.1 Å². The van der Waals surface area contributed by atoms with Crippen LogP contribution in [0.25, 0.3) is 0 Å². The molecule has 0 aliphatic carbocycles. The lowest BCUT2D eigenvalue weighted by Gasteiger charge is -2.18. The Labute approximate surface area is 154 Å². The van der Waals surface area contributed by atoms with Crippen molar-refractivity contribution in [1.29, 1.82) is 0 Å². The maximum Gasteiger partial charge on any atom is 0.259 e. The van der Waals surface area contributed by atoms with Crippen LogP contribution >= 0.6 is 11.6 Å². The van der Waals surface area contributed by atoms with E-state index in [1.54, 1.807) is 42.5 Å². The molecule has 0 bridgehead atoms. The van der Waals surface area contributed by atoms with Crippen LogP contribution < -0.4 is 20.2 Å². The van der Waals surface area contributed by atoms with E-state index in [9.17, 15) is 9.59 Å². The van der Waals surface area contributed by atoms with Crippen molar-refractivity contribution in [2.75, 3.05) is 19.8 Å². The summed E-state index contributed by atoms with van der Waals surface area (Å²) >= 11 is 5.79. The number of carbonyl (C=O) groups is 2. The molecule has 0 saturated carbocycles. The fourth-order valence-electron chi connectivity index (χ4n) is 2.21. The van der Waals surface area contributed by atoms with E-state index in [1.165, 1.54) is 6.21 Å². The number of carbonyl (C=O) groups excluding carboxylic acids is 2. The molecule has 1 aliphatic heterocycles. The Balaban J connectivity index is 1.48. The van der Waals surface area contributed by atoms with Gasteiger partial charge in [0.05, 0.1) is 12.8 Å². The maximum atomic E-state index is 12.1. The number of hydrogen-bond donors (Lipinski definition) is 2. The van der Waals surface area contributed by atoms with E-state index >= 15 is 0 Å². The molecule has 8 heteroatoms. The Morgan fingerprint density at radius 1 is 1.08 bits per heavy atom. The normalized spacial score (nSPS) is 12.7. The summed E-state index contributed by atoms with van der Waals surface area (Å²) in [5, 5.41) is 6.97. The Kier molecular flexibility index (Phi) is 5.70. The van der Waals surface area contributed by atoms with Gasteiger partial charge in [0.15, 0.2) is 11.5 Å². The number of ether oxygens (including phenoxy) is 2. The summed E-state index contributed by atoms with van der Waals surface area (Å²) in [5.74, 6) is 0.280. The average molecular weight is 374 g/mol. The zero-order valence-corrected chi connectivity index (χ0v) is 14.5. The van der Waals surface area contributed by atoms with Crippen molar-refractivity contribution < 1.29 is 19.1 Å². The minimum absolute atomic E-state index is 0.203. The van der Waals surface area contributed by atoms with Gasteiger partial charge in [0, 0.05) is 10.6 Å². The summed E-state index contributed by atoms with van der Waals surface area (Å²) in [6, 6.07) is 11.8. The molecule has 3 rings (SSSR count). The lowest BCUT2D eigenvalue weighted by atomic mass is 10.2. The predicted molar refractivity (Wildman–Crippen MR) is 97.0 cm³/mol. The summed E-state index contributed by atoms with van der Waals surface area (Å²) in [4.78, 5) is 23.9. The molecule has 0 aromatic heterocycles. The lowest BCUT2D eigenvalue weighted by molar-refractivity contribution is -0.120. The third kappa shape index (κ3) is 4.73. The zero-order chi connectivity index (χ0) is 18.4. The van der Waals surface area contributed by atoms with Crippen molar-refractivity contribution in [1.82, 2.24) is 10.7 Å². The fraction of sp³-hybridized carbons (Fsp3) is 0.167. The van der Waals surface area contributed by atoms with Gasteiger partial charge in [-0.1, -0.05) is 23.7 Å². The number of rotatable bonds is 5. The van der Waals surface area contributed by atoms with E-state index in [1.807, 2.05) is 0 Å². The first-order chi connectivity index (χ1) is 12.6. The van der Waals surface area contributed by atoms with Gasteiger partial charge in [-0.3, -0.25) is 9.59 Å². The molecule has 1 heterocycles. The van der Waals surface area contributed by atoms with Crippen molar-refractivity contribution in [2.45, 2.75) is 0 Å². The van der Waals surface area contributed by atoms with E-state index in [-0.39, 0.29) is 12.5 Å². The van der Waals surface area contributed by atoms with Crippen molar-refractivity contribution in [3.63, 3.8) is 0 Å². The topological polar surface area (TPSA) is 89.0 Å². The van der Waals surface area contributed by atoms with Gasteiger partial charge in [-0.05, 0) is 35.9 Å². The van der Waals surface area contributed by atoms with Crippen LogP contribution in [0.3, 0.4) is 0 Å². The molecule has 2 N–H and O–H groups in total. The Bertz CT molecular complexity index is 837. The van der Waals surface area contributed by atoms with Gasteiger partial charge in [0.25, 0.3) is 11.8 Å². The molecule has 134 valence electrons. The fourth-order valence-corrected chi connectivity index (χ4v) is 2.34. The van der Waals surface area contributed by atoms with E-state index in [2.05, 4.69) is 15.8 Å². The molecule has 26 heavy (non-hydrogen) atoms. The lowest BCUT2D eigenvalue weighted by Crippen LogP contribution is -2.35. The quantitative estimate of drug-likeness (QED) is 0.619. The van der Waals surface area contributed by atoms with E-state index in [0.717, 1.165) is 5.56 Å². The second kappa shape index (κ2) is 8.35. The highest BCUT2D eigenvalue weighted by molar-refractivity contribution is 6.30. The van der Waals surface area contributed by atoms with Crippen LogP contribution in [0.2, 0.25) is 5.02 Å². The average Bonchev–Trinajstić information content (AvgIpc) is 2.67. The Morgan fingerprint density at radius 3 is 2.58 bits per heavy atom. The van der Waals surface area contributed by atoms with Crippen LogP contribution in [0.1, 0.15) is 15.9 Å². The van der Waals surface area contributed by atoms with E-state index < -0.39 is 5.91 Å². The second-order valence-corrected chi connectivity index (χ2v) is 5.82. The summed E-state index contributed by atoms with van der Waals surface area (Å²) < 4.78 is 10.8. The number of hydrazone groups is 1. The molecule has 2 aromatic rings. The summed E-state index contributed by atoms with van der Waals surface area (Å²) in [6.07, 6.45) is 1.48. The summed E-state index contributed by atoms with van der Waals surface area (Å²) in [6.45, 7) is 0.715. The number of nitrogens with zero attached hydrogens (tertiary/aromatic N) is 1. The van der Waals surface area contributed by atoms with Crippen LogP contribution in [0.5, 0.6) is 11.5 Å². The van der Waals surface area contributed by atoms with Gasteiger partial charge in [-0.2, -0.15) is 5.10 Å². The van der Waals surface area contributed by atoms with Gasteiger partial charge in [-0.25, -0.2) is 5.43 Å². The molecule has 0 unspecified atom stereocenters. The van der Waals surface area contributed by atoms with Crippen LogP contribution in [0, 0.1) is 0 Å². The van der Waals surface area contributed by atoms with E-state index in [0.29, 0.717) is 35.3 Å². The van der Waals surface area contributed by atoms with Crippen LogP contribution in [0.4, 0.5) is 0 Å². The standard InChI is InChI=1S/C18H16ClN3O4/c19-14-4-1-12(2-5-14)10-21-22-17(23)11-20-18(24)13-3-6-15-16(9-13)26-8-7-25-15/h1-6,9-10H,7-8,11H2,(H,20,24)(H,22,23). The molecule has 0 radical (unpaired) electrons. The minimum Gasteiger partial charge on any atom is -0.486 e. The Hall–Kier alpha value is -3.06. The smallest absolute Gasteiger partial charge is 0.259 e. The largest absolute Gasteiger partial charge is 0.486 e. The highest BCUT2D eigenvalue weighted by Crippen LogP contribution is 2.30. The molecular weight excluding hydrogens is 358 g/mol. The number of fused-ring (bicyclic) bond motifs is 1. The second-order valence-electron chi connectivity index (χ2n) is 5.39. The van der Waals surface area contributed by atoms with Gasteiger partial charge < -0.3 is 14.8 Å². The maximum absolute atomic E-state index is 12.1. The molecule has 7 nitrogen and oxygen atoms in total. The zero-order valence-electron chi connectivity index (χ0n) is 13.7. The molecular formula is C18H16ClN3O4. The number of benzene rings is 2. The molecule has 2 aromatic carbocycles. The van der Waals surface area contributed by atoms with Gasteiger partial charge in [0.1, 0.15) is 13.2 Å². The molecule has 0 fully saturated rings. The predicted octanol–water partition coefficient (Wildman–Crippen LogP) is 1.99. The van der Waals surface area contributed by atoms with Crippen molar-refractivity contribution in [2.24, 2.45) is 5.10 Å². The first-order valence-electron chi connectivity index (χ1n) is 7.87. The third-order valence-electron chi connectivity index (χ3n) is 3.49. The molecule has 0 saturated heterocycles. The molecule has 0 spiro atoms. The molecule has 0 atom stereocenters. The van der Waals surface area contributed by atoms with Crippen molar-refractivity contribution >= 4 is 29.6 Å². The first-order valence-corrected chi connectivity index (χ1v) is 8.25. The van der Waals surface area contributed by atoms with Crippen LogP contribution in [-0.4, -0.2) is 37.8 Å². The Morgan fingerprint density at radius 2 is 1.81 bits per heavy atom. The first kappa shape index (κ1) is 17.8. The number of amides is 2. The van der Waals surface area contributed by atoms with Crippen molar-refractivity contribution in [3.05, 3.63) is 58.6 Å². The van der Waals surface area contributed by atoms with Gasteiger partial charge in [-0.15, -0.1) is 0 Å². The third-order valence-corrected chi connectivity index (χ3v) is 3.74. The molecule has 2 amide bonds. The number of halogens is 1. The highest BCUT2D eigenvalue weighted by Gasteiger charge is 2.15. The monoisotopic (exact) mass is 373 g/mol. The minimum atomic E-state index is -0.443. The molecule has 1 aliphatic rings. The van der Waals surface area contributed by atoms with Gasteiger partial charge in [0.2, 0.25) is 0 Å². The van der Waals surface area contributed by atoms with Crippen molar-refractivity contribution in [3.8, 4) is 11.5 Å². The number of nitrogens with one attached hydrogen (secondary N) is 2. The highest BCUT2D eigenvalue weighted by atomic mass is 35.5. The van der Waals surface area contributed by atoms with Crippen LogP contribution in [-0.2, 0) is 4.79 Å². The summed E-state index contributed by atoms with van der Waals surface area (Å²) in [7, 11) is 0. The van der Waals surface area contributed by atoms with Gasteiger partial charge >= 0.3 is 0 Å². The number of hydrogen-bond acceptors (Lipinski definition) is 5. The van der Waals surface area contributed by atoms with Crippen LogP contribution in [0.15, 0.2) is 47.6 Å². The SMILES string of the molecule is O=C(CNC(=O)c1ccc2c(c1)OCCO2)NN=Cc1ccc(Cl)cc1.